The molecule has 2 heterocycles. The first-order valence-electron chi connectivity index (χ1n) is 11.5. The number of fused-ring (bicyclic) bond motifs is 1. The van der Waals surface area contributed by atoms with Crippen molar-refractivity contribution in [3.05, 3.63) is 53.6 Å². The first-order chi connectivity index (χ1) is 16.2. The lowest BCUT2D eigenvalue weighted by Gasteiger charge is -2.28. The van der Waals surface area contributed by atoms with Gasteiger partial charge in [-0.05, 0) is 62.2 Å². The van der Waals surface area contributed by atoms with E-state index < -0.39 is 9.84 Å². The van der Waals surface area contributed by atoms with E-state index in [1.54, 1.807) is 7.11 Å². The van der Waals surface area contributed by atoms with E-state index in [9.17, 15) is 13.2 Å². The number of anilines is 2. The van der Waals surface area contributed by atoms with Crippen LogP contribution in [-0.4, -0.2) is 62.5 Å². The zero-order valence-electron chi connectivity index (χ0n) is 20.0. The number of carbonyl (C=O) groups excluding carboxylic acids is 1. The molecule has 7 nitrogen and oxygen atoms in total. The second kappa shape index (κ2) is 10.00. The van der Waals surface area contributed by atoms with Crippen LogP contribution in [-0.2, 0) is 21.1 Å². The zero-order valence-corrected chi connectivity index (χ0v) is 21.7. The van der Waals surface area contributed by atoms with Crippen LogP contribution < -0.4 is 14.5 Å². The molecule has 2 saturated heterocycles. The molecule has 182 valence electrons. The van der Waals surface area contributed by atoms with Crippen LogP contribution in [0, 0.1) is 6.92 Å². The number of methoxy groups -OCH3 is 1. The van der Waals surface area contributed by atoms with Gasteiger partial charge < -0.3 is 14.5 Å². The lowest BCUT2D eigenvalue weighted by atomic mass is 10.1. The Bertz CT molecular complexity index is 1190. The molecule has 0 unspecified atom stereocenters. The van der Waals surface area contributed by atoms with E-state index >= 15 is 0 Å². The predicted molar refractivity (Wildman–Crippen MR) is 140 cm³/mol. The van der Waals surface area contributed by atoms with E-state index in [1.165, 1.54) is 11.8 Å². The summed E-state index contributed by atoms with van der Waals surface area (Å²) < 4.78 is 29.9. The summed E-state index contributed by atoms with van der Waals surface area (Å²) in [5.41, 5.74) is 3.92. The van der Waals surface area contributed by atoms with Crippen molar-refractivity contribution in [1.82, 2.24) is 0 Å². The maximum atomic E-state index is 12.9. The molecule has 0 saturated carbocycles. The van der Waals surface area contributed by atoms with Gasteiger partial charge in [0, 0.05) is 29.7 Å². The molecule has 2 atom stereocenters. The van der Waals surface area contributed by atoms with Gasteiger partial charge in [0.15, 0.2) is 15.0 Å². The smallest absolute Gasteiger partial charge is 0.252 e. The van der Waals surface area contributed by atoms with Crippen molar-refractivity contribution >= 4 is 44.0 Å². The van der Waals surface area contributed by atoms with E-state index in [2.05, 4.69) is 35.9 Å². The zero-order chi connectivity index (χ0) is 24.5. The van der Waals surface area contributed by atoms with Crippen LogP contribution in [0.1, 0.15) is 25.0 Å². The monoisotopic (exact) mass is 501 g/mol. The molecule has 2 aliphatic heterocycles. The van der Waals surface area contributed by atoms with Crippen molar-refractivity contribution in [2.75, 3.05) is 41.5 Å². The van der Waals surface area contributed by atoms with Crippen LogP contribution in [0.3, 0.4) is 0 Å². The normalized spacial score (nSPS) is 22.1. The Morgan fingerprint density at radius 2 is 1.85 bits per heavy atom. The predicted octanol–water partition coefficient (Wildman–Crippen LogP) is 3.69. The van der Waals surface area contributed by atoms with Crippen LogP contribution in [0.25, 0.3) is 0 Å². The summed E-state index contributed by atoms with van der Waals surface area (Å²) in [5.74, 6) is 0.671. The van der Waals surface area contributed by atoms with Crippen LogP contribution in [0.5, 0.6) is 5.75 Å². The molecular formula is C25H31N3O4S2. The van der Waals surface area contributed by atoms with Crippen LogP contribution >= 0.6 is 11.8 Å². The van der Waals surface area contributed by atoms with Gasteiger partial charge in [-0.2, -0.15) is 4.99 Å². The minimum absolute atomic E-state index is 0.0770. The highest BCUT2D eigenvalue weighted by Gasteiger charge is 2.49. The quantitative estimate of drug-likeness (QED) is 0.572. The number of thioether (sulfide) groups is 1. The fraction of sp³-hybridized carbons (Fsp3) is 0.440. The summed E-state index contributed by atoms with van der Waals surface area (Å²) in [7, 11) is -1.52. The summed E-state index contributed by atoms with van der Waals surface area (Å²) in [6, 6.07) is 13.3. The second-order valence-electron chi connectivity index (χ2n) is 8.63. The molecule has 0 radical (unpaired) electrons. The van der Waals surface area contributed by atoms with E-state index in [0.717, 1.165) is 41.3 Å². The van der Waals surface area contributed by atoms with Crippen molar-refractivity contribution in [1.29, 1.82) is 0 Å². The van der Waals surface area contributed by atoms with Gasteiger partial charge in [-0.25, -0.2) is 8.42 Å². The molecule has 2 aromatic rings. The first kappa shape index (κ1) is 24.6. The van der Waals surface area contributed by atoms with Crippen molar-refractivity contribution < 1.29 is 17.9 Å². The number of sulfone groups is 1. The van der Waals surface area contributed by atoms with E-state index in [-0.39, 0.29) is 35.1 Å². The lowest BCUT2D eigenvalue weighted by Crippen LogP contribution is -2.38. The van der Waals surface area contributed by atoms with E-state index in [0.29, 0.717) is 5.17 Å². The third-order valence-corrected chi connectivity index (χ3v) is 9.58. The summed E-state index contributed by atoms with van der Waals surface area (Å²) in [6.07, 6.45) is 0.176. The number of amides is 1. The highest BCUT2D eigenvalue weighted by molar-refractivity contribution is 8.16. The third-order valence-electron chi connectivity index (χ3n) is 6.37. The Morgan fingerprint density at radius 1 is 1.15 bits per heavy atom. The average Bonchev–Trinajstić information content (AvgIpc) is 3.26. The van der Waals surface area contributed by atoms with Gasteiger partial charge >= 0.3 is 0 Å². The number of aryl methyl sites for hydroxylation is 1. The van der Waals surface area contributed by atoms with E-state index in [4.69, 9.17) is 4.74 Å². The molecule has 1 amide bonds. The van der Waals surface area contributed by atoms with Gasteiger partial charge in [0.25, 0.3) is 5.91 Å². The number of aliphatic imine (C=N–C) groups is 1. The van der Waals surface area contributed by atoms with Crippen molar-refractivity contribution in [3.63, 3.8) is 0 Å². The maximum Gasteiger partial charge on any atom is 0.252 e. The standard InChI is InChI=1S/C25H31N3O4S2/c1-5-27(6-2)19-9-12-21(17(3)13-19)28-22-15-34(30,31)16-23(22)33-25(28)26-24(29)14-18-7-10-20(32-4)11-8-18/h7-13,22-23H,5-6,14-16H2,1-4H3/t22-,23+/m1/s1. The average molecular weight is 502 g/mol. The Labute approximate surface area is 206 Å². The number of nitrogens with zero attached hydrogens (tertiary/aromatic N) is 3. The summed E-state index contributed by atoms with van der Waals surface area (Å²) in [6.45, 7) is 8.09. The number of hydrogen-bond donors (Lipinski definition) is 0. The van der Waals surface area contributed by atoms with Gasteiger partial charge in [0.2, 0.25) is 0 Å². The highest BCUT2D eigenvalue weighted by atomic mass is 32.2. The first-order valence-corrected chi connectivity index (χ1v) is 14.2. The number of hydrogen-bond acceptors (Lipinski definition) is 6. The number of amidine groups is 1. The number of rotatable bonds is 7. The Morgan fingerprint density at radius 3 is 2.47 bits per heavy atom. The molecule has 2 aromatic carbocycles. The van der Waals surface area contributed by atoms with Crippen LogP contribution in [0.15, 0.2) is 47.5 Å². The number of ether oxygens (including phenoxy) is 1. The van der Waals surface area contributed by atoms with Crippen molar-refractivity contribution in [3.8, 4) is 5.75 Å². The maximum absolute atomic E-state index is 12.9. The van der Waals surface area contributed by atoms with Crippen molar-refractivity contribution in [2.24, 2.45) is 4.99 Å². The largest absolute Gasteiger partial charge is 0.497 e. The molecule has 0 spiro atoms. The molecule has 0 bridgehead atoms. The molecule has 34 heavy (non-hydrogen) atoms. The molecule has 0 aromatic heterocycles. The van der Waals surface area contributed by atoms with Crippen LogP contribution in [0.2, 0.25) is 0 Å². The van der Waals surface area contributed by atoms with Gasteiger partial charge in [-0.15, -0.1) is 0 Å². The lowest BCUT2D eigenvalue weighted by molar-refractivity contribution is -0.117. The molecule has 4 rings (SSSR count). The van der Waals surface area contributed by atoms with Crippen molar-refractivity contribution in [2.45, 2.75) is 38.5 Å². The van der Waals surface area contributed by atoms with Gasteiger partial charge in [0.05, 0.1) is 31.1 Å². The summed E-state index contributed by atoms with van der Waals surface area (Å²) in [5, 5.41) is 0.460. The topological polar surface area (TPSA) is 79.3 Å². The Balaban J connectivity index is 1.64. The SMILES string of the molecule is CCN(CC)c1ccc(N2C(=NC(=O)Cc3ccc(OC)cc3)S[C@H]3CS(=O)(=O)C[C@H]32)c(C)c1. The number of carbonyl (C=O) groups is 1. The molecule has 0 N–H and O–H groups in total. The fourth-order valence-corrected chi connectivity index (χ4v) is 8.53. The molecule has 2 fully saturated rings. The molecule has 2 aliphatic rings. The molecular weight excluding hydrogens is 470 g/mol. The summed E-state index contributed by atoms with van der Waals surface area (Å²) >= 11 is 1.41. The molecule has 9 heteroatoms. The third kappa shape index (κ3) is 5.10. The molecule has 0 aliphatic carbocycles. The Kier molecular flexibility index (Phi) is 7.23. The minimum Gasteiger partial charge on any atom is -0.497 e. The summed E-state index contributed by atoms with van der Waals surface area (Å²) in [4.78, 5) is 21.6. The second-order valence-corrected chi connectivity index (χ2v) is 12.0. The van der Waals surface area contributed by atoms with Crippen LogP contribution in [0.4, 0.5) is 11.4 Å². The van der Waals surface area contributed by atoms with Gasteiger partial charge in [-0.3, -0.25) is 4.79 Å². The van der Waals surface area contributed by atoms with Gasteiger partial charge in [-0.1, -0.05) is 23.9 Å². The fourth-order valence-electron chi connectivity index (χ4n) is 4.61. The van der Waals surface area contributed by atoms with Gasteiger partial charge in [0.1, 0.15) is 5.75 Å². The highest BCUT2D eigenvalue weighted by Crippen LogP contribution is 2.42. The van der Waals surface area contributed by atoms with E-state index in [1.807, 2.05) is 42.2 Å². The number of benzene rings is 2. The minimum atomic E-state index is -3.12. The Hall–Kier alpha value is -2.52.